The van der Waals surface area contributed by atoms with Crippen LogP contribution in [-0.2, 0) is 19.6 Å². The standard InChI is InChI=1S/C23H27N3O2/c1-17-5-7-18(8-6-17)15-25-11-4-12-26-20(16-25)14-21(24-26)19-9-10-22(27-2)23(13-19)28-3/h5-10,13-14H,4,11-12,15-16H2,1-3H3. The Balaban J connectivity index is 1.55. The summed E-state index contributed by atoms with van der Waals surface area (Å²) in [7, 11) is 3.31. The maximum absolute atomic E-state index is 5.44. The summed E-state index contributed by atoms with van der Waals surface area (Å²) in [6.45, 7) is 6.05. The smallest absolute Gasteiger partial charge is 0.161 e. The number of fused-ring (bicyclic) bond motifs is 1. The summed E-state index contributed by atoms with van der Waals surface area (Å²) in [5.74, 6) is 1.46. The number of aryl methyl sites for hydroxylation is 2. The number of methoxy groups -OCH3 is 2. The van der Waals surface area contributed by atoms with E-state index in [0.29, 0.717) is 0 Å². The first-order chi connectivity index (χ1) is 13.7. The summed E-state index contributed by atoms with van der Waals surface area (Å²) in [6.07, 6.45) is 1.10. The molecule has 2 heterocycles. The number of rotatable bonds is 5. The van der Waals surface area contributed by atoms with Crippen molar-refractivity contribution in [2.45, 2.75) is 33.0 Å². The third-order valence-corrected chi connectivity index (χ3v) is 5.30. The number of hydrogen-bond donors (Lipinski definition) is 0. The molecule has 4 rings (SSSR count). The zero-order chi connectivity index (χ0) is 19.5. The molecule has 2 aromatic carbocycles. The van der Waals surface area contributed by atoms with Gasteiger partial charge in [0, 0.05) is 31.7 Å². The molecule has 3 aromatic rings. The third kappa shape index (κ3) is 3.90. The van der Waals surface area contributed by atoms with Crippen molar-refractivity contribution in [3.8, 4) is 22.8 Å². The second kappa shape index (κ2) is 8.07. The first-order valence-electron chi connectivity index (χ1n) is 9.73. The topological polar surface area (TPSA) is 39.5 Å². The predicted octanol–water partition coefficient (Wildman–Crippen LogP) is 4.28. The van der Waals surface area contributed by atoms with E-state index in [2.05, 4.69) is 46.8 Å². The van der Waals surface area contributed by atoms with Crippen molar-refractivity contribution in [2.75, 3.05) is 20.8 Å². The maximum Gasteiger partial charge on any atom is 0.161 e. The zero-order valence-electron chi connectivity index (χ0n) is 16.8. The van der Waals surface area contributed by atoms with Crippen LogP contribution in [0.15, 0.2) is 48.5 Å². The summed E-state index contributed by atoms with van der Waals surface area (Å²) in [4.78, 5) is 2.50. The number of hydrogen-bond acceptors (Lipinski definition) is 4. The summed E-state index contributed by atoms with van der Waals surface area (Å²) in [5, 5.41) is 4.86. The second-order valence-electron chi connectivity index (χ2n) is 7.36. The molecular weight excluding hydrogens is 350 g/mol. The van der Waals surface area contributed by atoms with Gasteiger partial charge in [-0.2, -0.15) is 5.10 Å². The average molecular weight is 377 g/mol. The van der Waals surface area contributed by atoms with Gasteiger partial charge in [-0.3, -0.25) is 9.58 Å². The van der Waals surface area contributed by atoms with Crippen LogP contribution in [0.25, 0.3) is 11.3 Å². The van der Waals surface area contributed by atoms with E-state index < -0.39 is 0 Å². The van der Waals surface area contributed by atoms with Crippen molar-refractivity contribution in [1.82, 2.24) is 14.7 Å². The van der Waals surface area contributed by atoms with E-state index >= 15 is 0 Å². The van der Waals surface area contributed by atoms with Gasteiger partial charge >= 0.3 is 0 Å². The largest absolute Gasteiger partial charge is 0.493 e. The molecule has 0 spiro atoms. The van der Waals surface area contributed by atoms with Crippen LogP contribution in [0.5, 0.6) is 11.5 Å². The van der Waals surface area contributed by atoms with Crippen molar-refractivity contribution in [2.24, 2.45) is 0 Å². The molecule has 0 unspecified atom stereocenters. The fraction of sp³-hybridized carbons (Fsp3) is 0.348. The fourth-order valence-corrected chi connectivity index (χ4v) is 3.75. The van der Waals surface area contributed by atoms with Crippen molar-refractivity contribution in [3.63, 3.8) is 0 Å². The van der Waals surface area contributed by atoms with E-state index in [0.717, 1.165) is 55.4 Å². The lowest BCUT2D eigenvalue weighted by molar-refractivity contribution is 0.261. The Morgan fingerprint density at radius 3 is 2.46 bits per heavy atom. The number of aromatic nitrogens is 2. The quantitative estimate of drug-likeness (QED) is 0.665. The van der Waals surface area contributed by atoms with Crippen LogP contribution in [0.2, 0.25) is 0 Å². The van der Waals surface area contributed by atoms with Gasteiger partial charge in [-0.1, -0.05) is 29.8 Å². The van der Waals surface area contributed by atoms with E-state index in [1.807, 2.05) is 18.2 Å². The summed E-state index contributed by atoms with van der Waals surface area (Å²) in [6, 6.07) is 17.0. The van der Waals surface area contributed by atoms with E-state index in [4.69, 9.17) is 14.6 Å². The number of benzene rings is 2. The van der Waals surface area contributed by atoms with Gasteiger partial charge in [0.05, 0.1) is 25.6 Å². The molecule has 1 aromatic heterocycles. The Morgan fingerprint density at radius 1 is 0.929 bits per heavy atom. The summed E-state index contributed by atoms with van der Waals surface area (Å²) in [5.41, 5.74) is 5.95. The predicted molar refractivity (Wildman–Crippen MR) is 111 cm³/mol. The molecule has 146 valence electrons. The second-order valence-corrected chi connectivity index (χ2v) is 7.36. The van der Waals surface area contributed by atoms with Gasteiger partial charge in [0.1, 0.15) is 0 Å². The highest BCUT2D eigenvalue weighted by Crippen LogP contribution is 2.32. The minimum atomic E-state index is 0.726. The Bertz CT molecular complexity index is 947. The molecule has 0 amide bonds. The molecular formula is C23H27N3O2. The van der Waals surface area contributed by atoms with Gasteiger partial charge in [0.2, 0.25) is 0 Å². The molecule has 28 heavy (non-hydrogen) atoms. The van der Waals surface area contributed by atoms with E-state index in [1.165, 1.54) is 16.8 Å². The first-order valence-corrected chi connectivity index (χ1v) is 9.73. The Hall–Kier alpha value is -2.79. The van der Waals surface area contributed by atoms with Gasteiger partial charge in [-0.05, 0) is 43.2 Å². The van der Waals surface area contributed by atoms with Gasteiger partial charge < -0.3 is 9.47 Å². The third-order valence-electron chi connectivity index (χ3n) is 5.30. The number of ether oxygens (including phenoxy) is 2. The van der Waals surface area contributed by atoms with Crippen molar-refractivity contribution in [1.29, 1.82) is 0 Å². The molecule has 0 bridgehead atoms. The average Bonchev–Trinajstić information content (AvgIpc) is 3.02. The van der Waals surface area contributed by atoms with Crippen molar-refractivity contribution in [3.05, 3.63) is 65.4 Å². The van der Waals surface area contributed by atoms with Crippen LogP contribution < -0.4 is 9.47 Å². The molecule has 5 heteroatoms. The Kier molecular flexibility index (Phi) is 5.35. The highest BCUT2D eigenvalue weighted by atomic mass is 16.5. The van der Waals surface area contributed by atoms with E-state index in [1.54, 1.807) is 14.2 Å². The van der Waals surface area contributed by atoms with Crippen molar-refractivity contribution >= 4 is 0 Å². The lowest BCUT2D eigenvalue weighted by Gasteiger charge is -2.19. The fourth-order valence-electron chi connectivity index (χ4n) is 3.75. The SMILES string of the molecule is COc1ccc(-c2cc3n(n2)CCCN(Cc2ccc(C)cc2)C3)cc1OC. The molecule has 0 saturated carbocycles. The molecule has 5 nitrogen and oxygen atoms in total. The molecule has 0 N–H and O–H groups in total. The van der Waals surface area contributed by atoms with Crippen LogP contribution in [-0.4, -0.2) is 35.4 Å². The first kappa shape index (κ1) is 18.6. The van der Waals surface area contributed by atoms with Crippen LogP contribution in [0, 0.1) is 6.92 Å². The van der Waals surface area contributed by atoms with Crippen LogP contribution in [0.1, 0.15) is 23.2 Å². The highest BCUT2D eigenvalue weighted by molar-refractivity contribution is 5.64. The minimum absolute atomic E-state index is 0.726. The van der Waals surface area contributed by atoms with Crippen LogP contribution in [0.4, 0.5) is 0 Å². The zero-order valence-corrected chi connectivity index (χ0v) is 16.8. The van der Waals surface area contributed by atoms with Gasteiger partial charge in [0.25, 0.3) is 0 Å². The molecule has 0 fully saturated rings. The molecule has 0 aliphatic carbocycles. The summed E-state index contributed by atoms with van der Waals surface area (Å²) >= 11 is 0. The van der Waals surface area contributed by atoms with E-state index in [-0.39, 0.29) is 0 Å². The molecule has 1 aliphatic rings. The van der Waals surface area contributed by atoms with Gasteiger partial charge in [-0.25, -0.2) is 0 Å². The van der Waals surface area contributed by atoms with Gasteiger partial charge in [0.15, 0.2) is 11.5 Å². The Labute approximate surface area is 166 Å². The van der Waals surface area contributed by atoms with Crippen LogP contribution >= 0.6 is 0 Å². The summed E-state index contributed by atoms with van der Waals surface area (Å²) < 4.78 is 12.9. The van der Waals surface area contributed by atoms with Crippen molar-refractivity contribution < 1.29 is 9.47 Å². The lowest BCUT2D eigenvalue weighted by atomic mass is 10.1. The highest BCUT2D eigenvalue weighted by Gasteiger charge is 2.18. The Morgan fingerprint density at radius 2 is 1.71 bits per heavy atom. The van der Waals surface area contributed by atoms with Gasteiger partial charge in [-0.15, -0.1) is 0 Å². The monoisotopic (exact) mass is 377 g/mol. The minimum Gasteiger partial charge on any atom is -0.493 e. The molecule has 0 atom stereocenters. The van der Waals surface area contributed by atoms with Crippen LogP contribution in [0.3, 0.4) is 0 Å². The molecule has 0 radical (unpaired) electrons. The lowest BCUT2D eigenvalue weighted by Crippen LogP contribution is -2.22. The maximum atomic E-state index is 5.44. The molecule has 1 aliphatic heterocycles. The normalized spacial score (nSPS) is 14.4. The van der Waals surface area contributed by atoms with E-state index in [9.17, 15) is 0 Å². The number of nitrogens with zero attached hydrogens (tertiary/aromatic N) is 3. The molecule has 0 saturated heterocycles.